The molecular weight excluding hydrogens is 392 g/mol. The van der Waals surface area contributed by atoms with Gasteiger partial charge in [-0.05, 0) is 41.9 Å². The van der Waals surface area contributed by atoms with Crippen molar-refractivity contribution in [1.82, 2.24) is 4.90 Å². The minimum atomic E-state index is 0.0188. The van der Waals surface area contributed by atoms with Gasteiger partial charge >= 0.3 is 0 Å². The third-order valence-corrected chi connectivity index (χ3v) is 7.73. The molecule has 1 saturated carbocycles. The van der Waals surface area contributed by atoms with Crippen LogP contribution in [0.1, 0.15) is 36.0 Å². The van der Waals surface area contributed by atoms with Gasteiger partial charge < -0.3 is 9.64 Å². The van der Waals surface area contributed by atoms with Crippen LogP contribution in [0, 0.1) is 17.2 Å². The molecule has 1 saturated heterocycles. The summed E-state index contributed by atoms with van der Waals surface area (Å²) in [5, 5.41) is 8.95. The number of benzene rings is 3. The summed E-state index contributed by atoms with van der Waals surface area (Å²) in [6, 6.07) is 30.3. The van der Waals surface area contributed by atoms with Gasteiger partial charge in [-0.3, -0.25) is 5.41 Å². The van der Waals surface area contributed by atoms with Gasteiger partial charge in [0.05, 0.1) is 7.11 Å². The molecule has 32 heavy (non-hydrogen) atoms. The zero-order valence-electron chi connectivity index (χ0n) is 18.8. The van der Waals surface area contributed by atoms with Crippen LogP contribution in [-0.2, 0) is 11.8 Å². The SMILES string of the molecule is COc1ccccc1CC(=N)N1CC2CCCC(c3ccccc3)(c3ccccc3)C2C1. The minimum Gasteiger partial charge on any atom is -0.496 e. The molecule has 2 aliphatic rings. The zero-order valence-corrected chi connectivity index (χ0v) is 18.8. The average molecular weight is 425 g/mol. The predicted octanol–water partition coefficient (Wildman–Crippen LogP) is 5.93. The number of nitrogens with one attached hydrogen (secondary N) is 1. The molecule has 5 rings (SSSR count). The Morgan fingerprint density at radius 3 is 2.19 bits per heavy atom. The Bertz CT molecular complexity index is 1020. The van der Waals surface area contributed by atoms with Crippen LogP contribution < -0.4 is 4.74 Å². The highest BCUT2D eigenvalue weighted by molar-refractivity contribution is 5.82. The van der Waals surface area contributed by atoms with Gasteiger partial charge in [-0.25, -0.2) is 0 Å². The van der Waals surface area contributed by atoms with E-state index >= 15 is 0 Å². The molecule has 1 N–H and O–H groups in total. The second kappa shape index (κ2) is 8.82. The molecule has 1 aliphatic heterocycles. The van der Waals surface area contributed by atoms with Crippen LogP contribution in [0.15, 0.2) is 84.9 Å². The molecule has 0 amide bonds. The van der Waals surface area contributed by atoms with E-state index in [1.807, 2.05) is 18.2 Å². The van der Waals surface area contributed by atoms with Gasteiger partial charge in [0.1, 0.15) is 11.6 Å². The van der Waals surface area contributed by atoms with Crippen LogP contribution in [0.3, 0.4) is 0 Å². The Hall–Kier alpha value is -3.07. The molecule has 3 heteroatoms. The van der Waals surface area contributed by atoms with Crippen molar-refractivity contribution in [3.63, 3.8) is 0 Å². The van der Waals surface area contributed by atoms with Gasteiger partial charge in [0.2, 0.25) is 0 Å². The van der Waals surface area contributed by atoms with E-state index in [9.17, 15) is 0 Å². The summed E-state index contributed by atoms with van der Waals surface area (Å²) >= 11 is 0. The fraction of sp³-hybridized carbons (Fsp3) is 0.345. The third-order valence-electron chi connectivity index (χ3n) is 7.73. The molecule has 0 spiro atoms. The first-order valence-corrected chi connectivity index (χ1v) is 11.8. The maximum atomic E-state index is 8.95. The lowest BCUT2D eigenvalue weighted by Gasteiger charge is -2.46. The van der Waals surface area contributed by atoms with E-state index in [0.29, 0.717) is 24.1 Å². The van der Waals surface area contributed by atoms with Gasteiger partial charge in [0.15, 0.2) is 0 Å². The molecule has 0 radical (unpaired) electrons. The topological polar surface area (TPSA) is 36.3 Å². The second-order valence-electron chi connectivity index (χ2n) is 9.30. The molecule has 164 valence electrons. The minimum absolute atomic E-state index is 0.0188. The summed E-state index contributed by atoms with van der Waals surface area (Å²) in [5.41, 5.74) is 3.97. The van der Waals surface area contributed by atoms with Crippen LogP contribution in [-0.4, -0.2) is 30.9 Å². The van der Waals surface area contributed by atoms with Crippen molar-refractivity contribution < 1.29 is 4.74 Å². The molecule has 1 aliphatic carbocycles. The van der Waals surface area contributed by atoms with Crippen LogP contribution in [0.5, 0.6) is 5.75 Å². The fourth-order valence-electron chi connectivity index (χ4n) is 6.27. The highest BCUT2D eigenvalue weighted by atomic mass is 16.5. The van der Waals surface area contributed by atoms with Crippen LogP contribution >= 0.6 is 0 Å². The maximum absolute atomic E-state index is 8.95. The number of methoxy groups -OCH3 is 1. The number of nitrogens with zero attached hydrogens (tertiary/aromatic N) is 1. The molecule has 0 bridgehead atoms. The van der Waals surface area contributed by atoms with Crippen molar-refractivity contribution in [3.05, 3.63) is 102 Å². The second-order valence-corrected chi connectivity index (χ2v) is 9.30. The van der Waals surface area contributed by atoms with Crippen molar-refractivity contribution in [2.45, 2.75) is 31.1 Å². The van der Waals surface area contributed by atoms with E-state index in [0.717, 1.165) is 24.4 Å². The Labute approximate surface area is 191 Å². The third kappa shape index (κ3) is 3.60. The molecule has 3 aromatic rings. The molecule has 1 heterocycles. The van der Waals surface area contributed by atoms with Gasteiger partial charge in [0, 0.05) is 30.5 Å². The maximum Gasteiger partial charge on any atom is 0.122 e. The number of para-hydroxylation sites is 1. The molecule has 3 aromatic carbocycles. The zero-order chi connectivity index (χ0) is 22.0. The largest absolute Gasteiger partial charge is 0.496 e. The van der Waals surface area contributed by atoms with Crippen molar-refractivity contribution in [1.29, 1.82) is 5.41 Å². The van der Waals surface area contributed by atoms with E-state index in [-0.39, 0.29) is 5.41 Å². The van der Waals surface area contributed by atoms with E-state index in [4.69, 9.17) is 10.1 Å². The highest BCUT2D eigenvalue weighted by Crippen LogP contribution is 2.53. The summed E-state index contributed by atoms with van der Waals surface area (Å²) in [7, 11) is 1.71. The summed E-state index contributed by atoms with van der Waals surface area (Å²) in [5.74, 6) is 2.71. The molecule has 2 fully saturated rings. The Morgan fingerprint density at radius 1 is 0.906 bits per heavy atom. The highest BCUT2D eigenvalue weighted by Gasteiger charge is 2.51. The van der Waals surface area contributed by atoms with E-state index in [2.05, 4.69) is 71.6 Å². The van der Waals surface area contributed by atoms with Crippen molar-refractivity contribution >= 4 is 5.84 Å². The van der Waals surface area contributed by atoms with Crippen LogP contribution in [0.4, 0.5) is 0 Å². The standard InChI is InChI=1S/C29H32N2O/c1-32-27-17-9-8-11-22(27)19-28(30)31-20-23-12-10-18-29(26(23)21-31,24-13-4-2-5-14-24)25-15-6-3-7-16-25/h2-9,11,13-17,23,26,30H,10,12,18-21H2,1H3. The lowest BCUT2D eigenvalue weighted by molar-refractivity contribution is 0.188. The number of rotatable bonds is 5. The molecule has 2 atom stereocenters. The van der Waals surface area contributed by atoms with Crippen molar-refractivity contribution in [3.8, 4) is 5.75 Å². The Kier molecular flexibility index (Phi) is 5.73. The average Bonchev–Trinajstić information content (AvgIpc) is 3.31. The number of ether oxygens (including phenoxy) is 1. The van der Waals surface area contributed by atoms with E-state index in [1.165, 1.54) is 30.4 Å². The van der Waals surface area contributed by atoms with Gasteiger partial charge in [-0.15, -0.1) is 0 Å². The van der Waals surface area contributed by atoms with Crippen LogP contribution in [0.2, 0.25) is 0 Å². The van der Waals surface area contributed by atoms with E-state index in [1.54, 1.807) is 7.11 Å². The Morgan fingerprint density at radius 2 is 1.53 bits per heavy atom. The van der Waals surface area contributed by atoms with Crippen molar-refractivity contribution in [2.75, 3.05) is 20.2 Å². The van der Waals surface area contributed by atoms with Gasteiger partial charge in [0.25, 0.3) is 0 Å². The van der Waals surface area contributed by atoms with Gasteiger partial charge in [-0.2, -0.15) is 0 Å². The first kappa shape index (κ1) is 20.8. The summed E-state index contributed by atoms with van der Waals surface area (Å²) in [4.78, 5) is 2.34. The first-order chi connectivity index (χ1) is 15.7. The normalized spacial score (nSPS) is 21.7. The van der Waals surface area contributed by atoms with Crippen molar-refractivity contribution in [2.24, 2.45) is 11.8 Å². The smallest absolute Gasteiger partial charge is 0.122 e. The number of likely N-dealkylation sites (tertiary alicyclic amines) is 1. The van der Waals surface area contributed by atoms with Crippen LogP contribution in [0.25, 0.3) is 0 Å². The fourth-order valence-corrected chi connectivity index (χ4v) is 6.27. The number of amidine groups is 1. The van der Waals surface area contributed by atoms with E-state index < -0.39 is 0 Å². The number of fused-ring (bicyclic) bond motifs is 1. The number of hydrogen-bond acceptors (Lipinski definition) is 2. The summed E-state index contributed by atoms with van der Waals surface area (Å²) in [6.45, 7) is 1.93. The molecule has 3 nitrogen and oxygen atoms in total. The summed E-state index contributed by atoms with van der Waals surface area (Å²) < 4.78 is 5.54. The molecule has 2 unspecified atom stereocenters. The Balaban J connectivity index is 1.47. The molecule has 0 aromatic heterocycles. The first-order valence-electron chi connectivity index (χ1n) is 11.8. The van der Waals surface area contributed by atoms with Gasteiger partial charge in [-0.1, -0.05) is 85.3 Å². The number of hydrogen-bond donors (Lipinski definition) is 1. The quantitative estimate of drug-likeness (QED) is 0.407. The lowest BCUT2D eigenvalue weighted by atomic mass is 9.57. The molecular formula is C29H32N2O. The monoisotopic (exact) mass is 424 g/mol. The summed E-state index contributed by atoms with van der Waals surface area (Å²) in [6.07, 6.45) is 4.28. The lowest BCUT2D eigenvalue weighted by Crippen LogP contribution is -2.44. The predicted molar refractivity (Wildman–Crippen MR) is 130 cm³/mol.